The summed E-state index contributed by atoms with van der Waals surface area (Å²) in [6, 6.07) is 9.72. The quantitative estimate of drug-likeness (QED) is 0.768. The number of aromatic amines is 1. The van der Waals surface area contributed by atoms with Crippen molar-refractivity contribution in [2.24, 2.45) is 0 Å². The van der Waals surface area contributed by atoms with Gasteiger partial charge in [0.2, 0.25) is 5.91 Å². The third-order valence-electron chi connectivity index (χ3n) is 3.08. The van der Waals surface area contributed by atoms with Gasteiger partial charge in [0.05, 0.1) is 6.42 Å². The molecule has 0 aliphatic rings. The number of hydrogen-bond donors (Lipinski definition) is 2. The molecule has 102 valence electrons. The topological polar surface area (TPSA) is 70.9 Å². The van der Waals surface area contributed by atoms with Crippen LogP contribution in [0.25, 0.3) is 10.9 Å². The number of carbonyl (C=O) groups excluding carboxylic acids is 1. The Labute approximate surface area is 116 Å². The summed E-state index contributed by atoms with van der Waals surface area (Å²) in [4.78, 5) is 15.2. The van der Waals surface area contributed by atoms with Crippen molar-refractivity contribution < 1.29 is 9.32 Å². The summed E-state index contributed by atoms with van der Waals surface area (Å²) in [6.07, 6.45) is 0.312. The lowest BCUT2D eigenvalue weighted by Gasteiger charge is -2.02. The van der Waals surface area contributed by atoms with Crippen LogP contribution in [-0.2, 0) is 11.2 Å². The first-order chi connectivity index (χ1) is 9.60. The van der Waals surface area contributed by atoms with Crippen LogP contribution in [0.15, 0.2) is 34.9 Å². The molecule has 3 rings (SSSR count). The lowest BCUT2D eigenvalue weighted by atomic mass is 10.1. The number of amides is 1. The molecule has 0 aliphatic carbocycles. The van der Waals surface area contributed by atoms with E-state index in [1.807, 2.05) is 25.1 Å². The molecule has 0 fully saturated rings. The minimum atomic E-state index is -0.107. The van der Waals surface area contributed by atoms with Gasteiger partial charge >= 0.3 is 0 Å². The second kappa shape index (κ2) is 4.85. The third-order valence-corrected chi connectivity index (χ3v) is 3.08. The molecule has 0 bridgehead atoms. The van der Waals surface area contributed by atoms with E-state index in [1.165, 1.54) is 0 Å². The van der Waals surface area contributed by atoms with Gasteiger partial charge in [0, 0.05) is 17.3 Å². The van der Waals surface area contributed by atoms with E-state index in [4.69, 9.17) is 4.52 Å². The Balaban J connectivity index is 1.73. The van der Waals surface area contributed by atoms with E-state index >= 15 is 0 Å². The number of hydrogen-bond acceptors (Lipinski definition) is 3. The van der Waals surface area contributed by atoms with E-state index in [0.717, 1.165) is 22.2 Å². The number of H-pyrrole nitrogens is 1. The molecule has 0 unspecified atom stereocenters. The van der Waals surface area contributed by atoms with E-state index in [2.05, 4.69) is 21.5 Å². The largest absolute Gasteiger partial charge is 0.360 e. The summed E-state index contributed by atoms with van der Waals surface area (Å²) in [7, 11) is 0. The Morgan fingerprint density at radius 1 is 1.30 bits per heavy atom. The second-order valence-electron chi connectivity index (χ2n) is 4.92. The van der Waals surface area contributed by atoms with Crippen molar-refractivity contribution in [2.75, 3.05) is 5.32 Å². The van der Waals surface area contributed by atoms with E-state index < -0.39 is 0 Å². The lowest BCUT2D eigenvalue weighted by molar-refractivity contribution is -0.115. The van der Waals surface area contributed by atoms with Gasteiger partial charge in [-0.1, -0.05) is 11.2 Å². The zero-order chi connectivity index (χ0) is 14.1. The SMILES string of the molecule is Cc1cc2cc(CC(=O)Nc3cc(C)on3)ccc2[nH]1. The fourth-order valence-electron chi connectivity index (χ4n) is 2.23. The number of nitrogens with zero attached hydrogens (tertiary/aromatic N) is 1. The third kappa shape index (κ3) is 2.56. The van der Waals surface area contributed by atoms with Crippen LogP contribution in [0.1, 0.15) is 17.0 Å². The van der Waals surface area contributed by atoms with Gasteiger partial charge in [0.15, 0.2) is 5.82 Å². The van der Waals surface area contributed by atoms with Crippen LogP contribution in [-0.4, -0.2) is 16.0 Å². The van der Waals surface area contributed by atoms with Crippen molar-refractivity contribution >= 4 is 22.6 Å². The molecule has 0 saturated heterocycles. The van der Waals surface area contributed by atoms with E-state index in [1.54, 1.807) is 13.0 Å². The fraction of sp³-hybridized carbons (Fsp3) is 0.200. The van der Waals surface area contributed by atoms with Crippen LogP contribution < -0.4 is 5.32 Å². The molecule has 0 atom stereocenters. The van der Waals surface area contributed by atoms with Crippen molar-refractivity contribution in [1.29, 1.82) is 0 Å². The van der Waals surface area contributed by atoms with Crippen LogP contribution in [0.5, 0.6) is 0 Å². The first-order valence-electron chi connectivity index (χ1n) is 6.41. The number of anilines is 1. The number of nitrogens with one attached hydrogen (secondary N) is 2. The van der Waals surface area contributed by atoms with Crippen molar-refractivity contribution in [2.45, 2.75) is 20.3 Å². The van der Waals surface area contributed by atoms with E-state index in [-0.39, 0.29) is 5.91 Å². The maximum absolute atomic E-state index is 11.9. The van der Waals surface area contributed by atoms with E-state index in [0.29, 0.717) is 18.0 Å². The molecule has 1 amide bonds. The number of aryl methyl sites for hydroxylation is 2. The molecule has 3 aromatic rings. The van der Waals surface area contributed by atoms with Crippen molar-refractivity contribution in [3.63, 3.8) is 0 Å². The van der Waals surface area contributed by atoms with E-state index in [9.17, 15) is 4.79 Å². The monoisotopic (exact) mass is 269 g/mol. The highest BCUT2D eigenvalue weighted by Gasteiger charge is 2.08. The summed E-state index contributed by atoms with van der Waals surface area (Å²) in [6.45, 7) is 3.80. The zero-order valence-electron chi connectivity index (χ0n) is 11.4. The summed E-state index contributed by atoms with van der Waals surface area (Å²) < 4.78 is 4.91. The standard InChI is InChI=1S/C15H15N3O2/c1-9-5-12-7-11(3-4-13(12)16-9)8-15(19)17-14-6-10(2)20-18-14/h3-7,16H,8H2,1-2H3,(H,17,18,19). The Kier molecular flexibility index (Phi) is 3.02. The van der Waals surface area contributed by atoms with Crippen LogP contribution in [0.2, 0.25) is 0 Å². The van der Waals surface area contributed by atoms with Gasteiger partial charge in [0.1, 0.15) is 5.76 Å². The molecular formula is C15H15N3O2. The van der Waals surface area contributed by atoms with Gasteiger partial charge in [-0.3, -0.25) is 4.79 Å². The Morgan fingerprint density at radius 2 is 2.15 bits per heavy atom. The van der Waals surface area contributed by atoms with Crippen molar-refractivity contribution in [3.8, 4) is 0 Å². The number of benzene rings is 1. The fourth-order valence-corrected chi connectivity index (χ4v) is 2.23. The Bertz CT molecular complexity index is 770. The van der Waals surface area contributed by atoms with Crippen LogP contribution in [0.3, 0.4) is 0 Å². The predicted molar refractivity (Wildman–Crippen MR) is 76.6 cm³/mol. The molecule has 2 aromatic heterocycles. The van der Waals surface area contributed by atoms with Crippen molar-refractivity contribution in [3.05, 3.63) is 47.3 Å². The maximum Gasteiger partial charge on any atom is 0.230 e. The Hall–Kier alpha value is -2.56. The lowest BCUT2D eigenvalue weighted by Crippen LogP contribution is -2.14. The number of carbonyl (C=O) groups is 1. The highest BCUT2D eigenvalue weighted by molar-refractivity contribution is 5.92. The average Bonchev–Trinajstić information content (AvgIpc) is 2.93. The summed E-state index contributed by atoms with van der Waals surface area (Å²) >= 11 is 0. The number of rotatable bonds is 3. The van der Waals surface area contributed by atoms with Gasteiger partial charge in [-0.05, 0) is 43.0 Å². The predicted octanol–water partition coefficient (Wildman–Crippen LogP) is 2.95. The van der Waals surface area contributed by atoms with Gasteiger partial charge in [-0.25, -0.2) is 0 Å². The minimum Gasteiger partial charge on any atom is -0.360 e. The van der Waals surface area contributed by atoms with Crippen molar-refractivity contribution in [1.82, 2.24) is 10.1 Å². The van der Waals surface area contributed by atoms with Crippen LogP contribution in [0, 0.1) is 13.8 Å². The number of aromatic nitrogens is 2. The molecule has 0 aliphatic heterocycles. The Morgan fingerprint density at radius 3 is 2.90 bits per heavy atom. The maximum atomic E-state index is 11.9. The highest BCUT2D eigenvalue weighted by atomic mass is 16.5. The summed E-state index contributed by atoms with van der Waals surface area (Å²) in [5.41, 5.74) is 3.16. The first kappa shape index (κ1) is 12.5. The van der Waals surface area contributed by atoms with Gasteiger partial charge in [-0.15, -0.1) is 0 Å². The van der Waals surface area contributed by atoms with Gasteiger partial charge in [0.25, 0.3) is 0 Å². The van der Waals surface area contributed by atoms with Crippen LogP contribution in [0.4, 0.5) is 5.82 Å². The zero-order valence-corrected chi connectivity index (χ0v) is 11.4. The smallest absolute Gasteiger partial charge is 0.230 e. The van der Waals surface area contributed by atoms with Gasteiger partial charge < -0.3 is 14.8 Å². The molecule has 2 heterocycles. The molecule has 5 heteroatoms. The molecule has 0 spiro atoms. The number of fused-ring (bicyclic) bond motifs is 1. The molecule has 5 nitrogen and oxygen atoms in total. The normalized spacial score (nSPS) is 10.9. The average molecular weight is 269 g/mol. The second-order valence-corrected chi connectivity index (χ2v) is 4.92. The molecular weight excluding hydrogens is 254 g/mol. The van der Waals surface area contributed by atoms with Crippen LogP contribution >= 0.6 is 0 Å². The first-order valence-corrected chi connectivity index (χ1v) is 6.41. The molecule has 0 saturated carbocycles. The van der Waals surface area contributed by atoms with Gasteiger partial charge in [-0.2, -0.15) is 0 Å². The molecule has 1 aromatic carbocycles. The summed E-state index contributed by atoms with van der Waals surface area (Å²) in [5, 5.41) is 7.57. The minimum absolute atomic E-state index is 0.107. The summed E-state index contributed by atoms with van der Waals surface area (Å²) in [5.74, 6) is 1.01. The molecule has 20 heavy (non-hydrogen) atoms. The molecule has 0 radical (unpaired) electrons. The highest BCUT2D eigenvalue weighted by Crippen LogP contribution is 2.17. The molecule has 2 N–H and O–H groups in total.